The van der Waals surface area contributed by atoms with Crippen LogP contribution >= 0.6 is 0 Å². The van der Waals surface area contributed by atoms with Gasteiger partial charge in [0.1, 0.15) is 0 Å². The van der Waals surface area contributed by atoms with Crippen LogP contribution in [0, 0.1) is 0 Å². The Balaban J connectivity index is 2.21. The molecule has 0 spiro atoms. The summed E-state index contributed by atoms with van der Waals surface area (Å²) in [5.74, 6) is 0. The Morgan fingerprint density at radius 3 is 2.38 bits per heavy atom. The van der Waals surface area contributed by atoms with E-state index < -0.39 is 26.7 Å². The van der Waals surface area contributed by atoms with Gasteiger partial charge in [-0.3, -0.25) is 4.79 Å². The molecule has 0 aliphatic rings. The number of alkyl halides is 3. The van der Waals surface area contributed by atoms with Crippen molar-refractivity contribution in [2.75, 3.05) is 0 Å². The quantitative estimate of drug-likeness (QED) is 0.675. The Bertz CT molecular complexity index is 1040. The first-order chi connectivity index (χ1) is 11.2. The predicted molar refractivity (Wildman–Crippen MR) is 81.4 cm³/mol. The number of carbonyl (C=O) groups excluding carboxylic acids is 1. The molecule has 0 fully saturated rings. The normalized spacial score (nSPS) is 12.5. The lowest BCUT2D eigenvalue weighted by Gasteiger charge is -2.11. The Morgan fingerprint density at radius 2 is 1.71 bits per heavy atom. The highest BCUT2D eigenvalue weighted by Crippen LogP contribution is 2.31. The van der Waals surface area contributed by atoms with Gasteiger partial charge < -0.3 is 0 Å². The summed E-state index contributed by atoms with van der Waals surface area (Å²) in [4.78, 5) is 10.5. The number of hydrogen-bond donors (Lipinski definition) is 0. The maximum absolute atomic E-state index is 12.8. The van der Waals surface area contributed by atoms with Gasteiger partial charge in [-0.15, -0.1) is 0 Å². The van der Waals surface area contributed by atoms with Gasteiger partial charge in [-0.25, -0.2) is 12.4 Å². The molecule has 3 aromatic rings. The van der Waals surface area contributed by atoms with Gasteiger partial charge >= 0.3 is 6.18 Å². The number of rotatable bonds is 3. The van der Waals surface area contributed by atoms with Crippen LogP contribution in [0.5, 0.6) is 0 Å². The van der Waals surface area contributed by atoms with E-state index in [9.17, 15) is 26.4 Å². The molecule has 0 amide bonds. The first-order valence-corrected chi connectivity index (χ1v) is 8.17. The lowest BCUT2D eigenvalue weighted by atomic mass is 10.1. The molecule has 24 heavy (non-hydrogen) atoms. The second-order valence-corrected chi connectivity index (χ2v) is 6.86. The van der Waals surface area contributed by atoms with Crippen molar-refractivity contribution in [2.24, 2.45) is 0 Å². The van der Waals surface area contributed by atoms with Crippen LogP contribution in [-0.2, 0) is 16.2 Å². The number of halogens is 3. The van der Waals surface area contributed by atoms with Crippen molar-refractivity contribution in [2.45, 2.75) is 11.1 Å². The predicted octanol–water partition coefficient (Wildman–Crippen LogP) is 3.71. The minimum Gasteiger partial charge on any atom is -0.298 e. The van der Waals surface area contributed by atoms with Crippen LogP contribution in [0.25, 0.3) is 10.9 Å². The van der Waals surface area contributed by atoms with Gasteiger partial charge in [0.2, 0.25) is 0 Å². The molecule has 1 heterocycles. The zero-order chi connectivity index (χ0) is 17.5. The largest absolute Gasteiger partial charge is 0.416 e. The molecule has 3 rings (SSSR count). The Morgan fingerprint density at radius 1 is 1.00 bits per heavy atom. The van der Waals surface area contributed by atoms with Gasteiger partial charge in [0.05, 0.1) is 16.0 Å². The molecule has 8 heteroatoms. The van der Waals surface area contributed by atoms with Crippen LogP contribution in [-0.4, -0.2) is 18.7 Å². The van der Waals surface area contributed by atoms with Crippen LogP contribution in [0.15, 0.2) is 59.6 Å². The van der Waals surface area contributed by atoms with Crippen LogP contribution in [0.1, 0.15) is 15.9 Å². The molecule has 0 N–H and O–H groups in total. The highest BCUT2D eigenvalue weighted by molar-refractivity contribution is 7.90. The molecule has 0 saturated carbocycles. The third kappa shape index (κ3) is 2.58. The molecule has 0 bridgehead atoms. The van der Waals surface area contributed by atoms with E-state index in [1.54, 1.807) is 0 Å². The van der Waals surface area contributed by atoms with Crippen LogP contribution in [0.4, 0.5) is 13.2 Å². The molecule has 0 aliphatic carbocycles. The van der Waals surface area contributed by atoms with Crippen molar-refractivity contribution in [3.05, 3.63) is 65.9 Å². The molecule has 2 aromatic carbocycles. The van der Waals surface area contributed by atoms with E-state index in [4.69, 9.17) is 0 Å². The number of aldehydes is 1. The summed E-state index contributed by atoms with van der Waals surface area (Å²) in [6.45, 7) is 0. The molecule has 0 saturated heterocycles. The minimum atomic E-state index is -4.64. The summed E-state index contributed by atoms with van der Waals surface area (Å²) < 4.78 is 64.7. The fourth-order valence-electron chi connectivity index (χ4n) is 2.43. The highest BCUT2D eigenvalue weighted by Gasteiger charge is 2.32. The zero-order valence-corrected chi connectivity index (χ0v) is 12.8. The second-order valence-electron chi connectivity index (χ2n) is 5.04. The summed E-state index contributed by atoms with van der Waals surface area (Å²) in [6.07, 6.45) is -2.84. The van der Waals surface area contributed by atoms with E-state index in [0.29, 0.717) is 23.3 Å². The summed E-state index contributed by atoms with van der Waals surface area (Å²) in [7, 11) is -4.23. The first kappa shape index (κ1) is 16.3. The van der Waals surface area contributed by atoms with Crippen molar-refractivity contribution in [3.8, 4) is 0 Å². The highest BCUT2D eigenvalue weighted by atomic mass is 32.2. The average Bonchev–Trinajstić information content (AvgIpc) is 2.99. The van der Waals surface area contributed by atoms with Crippen molar-refractivity contribution in [1.82, 2.24) is 3.97 Å². The lowest BCUT2D eigenvalue weighted by molar-refractivity contribution is -0.137. The number of carbonyl (C=O) groups is 1. The number of aromatic nitrogens is 1. The van der Waals surface area contributed by atoms with E-state index in [0.717, 1.165) is 22.2 Å². The summed E-state index contributed by atoms with van der Waals surface area (Å²) in [5, 5.41) is 0.406. The third-order valence-electron chi connectivity index (χ3n) is 3.58. The van der Waals surface area contributed by atoms with Crippen LogP contribution < -0.4 is 0 Å². The van der Waals surface area contributed by atoms with Crippen molar-refractivity contribution in [1.29, 1.82) is 0 Å². The molecule has 124 valence electrons. The molecular formula is C16H10F3NO3S. The van der Waals surface area contributed by atoms with Crippen LogP contribution in [0.2, 0.25) is 0 Å². The van der Waals surface area contributed by atoms with Gasteiger partial charge in [-0.05, 0) is 30.3 Å². The zero-order valence-electron chi connectivity index (χ0n) is 12.0. The van der Waals surface area contributed by atoms with Gasteiger partial charge in [0, 0.05) is 17.1 Å². The van der Waals surface area contributed by atoms with Gasteiger partial charge in [0.15, 0.2) is 6.29 Å². The molecule has 0 atom stereocenters. The Kier molecular flexibility index (Phi) is 3.71. The average molecular weight is 353 g/mol. The Hall–Kier alpha value is -2.61. The lowest BCUT2D eigenvalue weighted by Crippen LogP contribution is -2.13. The molecule has 4 nitrogen and oxygen atoms in total. The Labute approximate surface area is 135 Å². The summed E-state index contributed by atoms with van der Waals surface area (Å²) in [6, 6.07) is 9.47. The molecular weight excluding hydrogens is 343 g/mol. The van der Waals surface area contributed by atoms with Gasteiger partial charge in [-0.2, -0.15) is 13.2 Å². The number of nitrogens with zero attached hydrogens (tertiary/aromatic N) is 1. The van der Waals surface area contributed by atoms with Gasteiger partial charge in [-0.1, -0.05) is 18.2 Å². The molecule has 0 unspecified atom stereocenters. The summed E-state index contributed by atoms with van der Waals surface area (Å²) in [5.41, 5.74) is -0.531. The monoisotopic (exact) mass is 353 g/mol. The first-order valence-electron chi connectivity index (χ1n) is 6.73. The van der Waals surface area contributed by atoms with Crippen molar-refractivity contribution >= 4 is 27.2 Å². The molecule has 1 aromatic heterocycles. The molecule has 0 radical (unpaired) electrons. The second kappa shape index (κ2) is 5.48. The SMILES string of the molecule is O=Cc1cccc2c1ccn2S(=O)(=O)c1cccc(C(F)(F)F)c1. The van der Waals surface area contributed by atoms with E-state index in [1.165, 1.54) is 30.5 Å². The van der Waals surface area contributed by atoms with E-state index in [2.05, 4.69) is 0 Å². The maximum Gasteiger partial charge on any atom is 0.416 e. The van der Waals surface area contributed by atoms with Crippen molar-refractivity contribution in [3.63, 3.8) is 0 Å². The van der Waals surface area contributed by atoms with Crippen molar-refractivity contribution < 1.29 is 26.4 Å². The topological polar surface area (TPSA) is 56.1 Å². The fourth-order valence-corrected chi connectivity index (χ4v) is 3.82. The van der Waals surface area contributed by atoms with E-state index >= 15 is 0 Å². The van der Waals surface area contributed by atoms with E-state index in [1.807, 2.05) is 0 Å². The van der Waals surface area contributed by atoms with Crippen LogP contribution in [0.3, 0.4) is 0 Å². The minimum absolute atomic E-state index is 0.219. The number of hydrogen-bond acceptors (Lipinski definition) is 3. The number of fused-ring (bicyclic) bond motifs is 1. The smallest absolute Gasteiger partial charge is 0.298 e. The number of benzene rings is 2. The third-order valence-corrected chi connectivity index (χ3v) is 5.26. The summed E-state index contributed by atoms with van der Waals surface area (Å²) >= 11 is 0. The van der Waals surface area contributed by atoms with E-state index in [-0.39, 0.29) is 5.52 Å². The maximum atomic E-state index is 12.8. The van der Waals surface area contributed by atoms with Gasteiger partial charge in [0.25, 0.3) is 10.0 Å². The fraction of sp³-hybridized carbons (Fsp3) is 0.0625. The molecule has 0 aliphatic heterocycles. The standard InChI is InChI=1S/C16H10F3NO3S/c17-16(18,19)12-4-2-5-13(9-12)24(22,23)20-8-7-14-11(10-21)3-1-6-15(14)20/h1-10H.